The van der Waals surface area contributed by atoms with Crippen molar-refractivity contribution in [1.29, 1.82) is 0 Å². The Balaban J connectivity index is 1.68. The minimum Gasteiger partial charge on any atom is -0.301 e. The van der Waals surface area contributed by atoms with E-state index < -0.39 is 0 Å². The maximum absolute atomic E-state index is 4.28. The van der Waals surface area contributed by atoms with Gasteiger partial charge in [-0.05, 0) is 35.4 Å². The predicted molar refractivity (Wildman–Crippen MR) is 90.4 cm³/mol. The molecule has 0 saturated carbocycles. The highest BCUT2D eigenvalue weighted by atomic mass is 15.6. The van der Waals surface area contributed by atoms with Crippen molar-refractivity contribution in [2.75, 3.05) is 32.7 Å². The van der Waals surface area contributed by atoms with Crippen LogP contribution < -0.4 is 0 Å². The maximum atomic E-state index is 4.28. The predicted octanol–water partition coefficient (Wildman–Crippen LogP) is 2.00. The molecule has 124 valence electrons. The molecule has 3 rings (SSSR count). The first-order valence-corrected chi connectivity index (χ1v) is 8.45. The summed E-state index contributed by atoms with van der Waals surface area (Å²) in [6.07, 6.45) is 0. The van der Waals surface area contributed by atoms with E-state index >= 15 is 0 Å². The Morgan fingerprint density at radius 2 is 1.70 bits per heavy atom. The van der Waals surface area contributed by atoms with Gasteiger partial charge in [-0.15, -0.1) is 5.10 Å². The topological polar surface area (TPSA) is 50.1 Å². The first kappa shape index (κ1) is 16.1. The number of aromatic nitrogens is 4. The average molecular weight is 314 g/mol. The van der Waals surface area contributed by atoms with Gasteiger partial charge in [-0.1, -0.05) is 32.0 Å². The highest BCUT2D eigenvalue weighted by molar-refractivity contribution is 5.30. The standard InChI is InChI=1S/C17H26N6/c1-14(2)13-21-9-11-22(12-10-21)15(3)17-18-19-20-23(17)16-7-5-4-6-8-16/h4-8,14-15H,9-13H2,1-3H3. The van der Waals surface area contributed by atoms with Crippen LogP contribution in [0.2, 0.25) is 0 Å². The first-order valence-electron chi connectivity index (χ1n) is 8.45. The first-order chi connectivity index (χ1) is 11.1. The van der Waals surface area contributed by atoms with Crippen LogP contribution in [0.25, 0.3) is 5.69 Å². The fourth-order valence-electron chi connectivity index (χ4n) is 3.22. The zero-order chi connectivity index (χ0) is 16.2. The number of benzene rings is 1. The van der Waals surface area contributed by atoms with Gasteiger partial charge in [0, 0.05) is 32.7 Å². The van der Waals surface area contributed by atoms with Crippen molar-refractivity contribution in [3.8, 4) is 5.69 Å². The molecule has 1 aliphatic heterocycles. The third kappa shape index (κ3) is 3.76. The molecule has 23 heavy (non-hydrogen) atoms. The second-order valence-electron chi connectivity index (χ2n) is 6.69. The fraction of sp³-hybridized carbons (Fsp3) is 0.588. The van der Waals surface area contributed by atoms with Crippen LogP contribution in [-0.4, -0.2) is 62.7 Å². The van der Waals surface area contributed by atoms with Gasteiger partial charge in [-0.2, -0.15) is 4.68 Å². The van der Waals surface area contributed by atoms with Crippen molar-refractivity contribution < 1.29 is 0 Å². The molecule has 0 amide bonds. The fourth-order valence-corrected chi connectivity index (χ4v) is 3.22. The number of nitrogens with zero attached hydrogens (tertiary/aromatic N) is 6. The van der Waals surface area contributed by atoms with Gasteiger partial charge >= 0.3 is 0 Å². The van der Waals surface area contributed by atoms with Crippen molar-refractivity contribution in [2.24, 2.45) is 5.92 Å². The maximum Gasteiger partial charge on any atom is 0.173 e. The zero-order valence-electron chi connectivity index (χ0n) is 14.3. The van der Waals surface area contributed by atoms with Crippen molar-refractivity contribution in [1.82, 2.24) is 30.0 Å². The summed E-state index contributed by atoms with van der Waals surface area (Å²) < 4.78 is 1.85. The van der Waals surface area contributed by atoms with Crippen LogP contribution in [0.5, 0.6) is 0 Å². The molecule has 6 heteroatoms. The number of hydrogen-bond donors (Lipinski definition) is 0. The zero-order valence-corrected chi connectivity index (χ0v) is 14.3. The van der Waals surface area contributed by atoms with Gasteiger partial charge in [-0.25, -0.2) is 0 Å². The highest BCUT2D eigenvalue weighted by Crippen LogP contribution is 2.21. The molecule has 0 aliphatic carbocycles. The van der Waals surface area contributed by atoms with Crippen LogP contribution >= 0.6 is 0 Å². The Morgan fingerprint density at radius 3 is 2.35 bits per heavy atom. The quantitative estimate of drug-likeness (QED) is 0.845. The Kier molecular flexibility index (Phi) is 5.03. The lowest BCUT2D eigenvalue weighted by Crippen LogP contribution is -2.48. The molecule has 2 aromatic rings. The number of para-hydroxylation sites is 1. The van der Waals surface area contributed by atoms with Gasteiger partial charge < -0.3 is 4.90 Å². The molecule has 1 fully saturated rings. The second-order valence-corrected chi connectivity index (χ2v) is 6.69. The van der Waals surface area contributed by atoms with E-state index in [1.807, 2.05) is 35.0 Å². The molecule has 1 aromatic carbocycles. The SMILES string of the molecule is CC(C)CN1CCN(C(C)c2nnnn2-c2ccccc2)CC1. The average Bonchev–Trinajstić information content (AvgIpc) is 3.05. The summed E-state index contributed by atoms with van der Waals surface area (Å²) >= 11 is 0. The van der Waals surface area contributed by atoms with Gasteiger partial charge in [0.15, 0.2) is 5.82 Å². The molecule has 1 atom stereocenters. The highest BCUT2D eigenvalue weighted by Gasteiger charge is 2.26. The number of hydrogen-bond acceptors (Lipinski definition) is 5. The summed E-state index contributed by atoms with van der Waals surface area (Å²) in [5, 5.41) is 12.4. The van der Waals surface area contributed by atoms with Gasteiger partial charge in [0.2, 0.25) is 0 Å². The minimum atomic E-state index is 0.214. The van der Waals surface area contributed by atoms with Crippen molar-refractivity contribution in [3.63, 3.8) is 0 Å². The molecule has 6 nitrogen and oxygen atoms in total. The molecule has 2 heterocycles. The molecule has 0 radical (unpaired) electrons. The van der Waals surface area contributed by atoms with Crippen LogP contribution in [0.4, 0.5) is 0 Å². The molecule has 1 unspecified atom stereocenters. The van der Waals surface area contributed by atoms with Gasteiger partial charge in [-0.3, -0.25) is 4.90 Å². The molecule has 0 bridgehead atoms. The minimum absolute atomic E-state index is 0.214. The molecule has 1 aliphatic rings. The number of rotatable bonds is 5. The monoisotopic (exact) mass is 314 g/mol. The lowest BCUT2D eigenvalue weighted by Gasteiger charge is -2.38. The van der Waals surface area contributed by atoms with E-state index in [1.165, 1.54) is 6.54 Å². The number of piperazine rings is 1. The van der Waals surface area contributed by atoms with E-state index in [0.717, 1.165) is 43.6 Å². The largest absolute Gasteiger partial charge is 0.301 e. The molecule has 0 N–H and O–H groups in total. The molecule has 0 spiro atoms. The molecule has 1 saturated heterocycles. The summed E-state index contributed by atoms with van der Waals surface area (Å²) in [6.45, 7) is 12.3. The number of tetrazole rings is 1. The van der Waals surface area contributed by atoms with Crippen LogP contribution in [0.1, 0.15) is 32.6 Å². The Bertz CT molecular complexity index is 601. The third-order valence-corrected chi connectivity index (χ3v) is 4.45. The Labute approximate surface area is 138 Å². The smallest absolute Gasteiger partial charge is 0.173 e. The lowest BCUT2D eigenvalue weighted by atomic mass is 10.1. The van der Waals surface area contributed by atoms with Crippen LogP contribution in [0, 0.1) is 5.92 Å². The summed E-state index contributed by atoms with van der Waals surface area (Å²) in [7, 11) is 0. The van der Waals surface area contributed by atoms with Crippen LogP contribution in [-0.2, 0) is 0 Å². The summed E-state index contributed by atoms with van der Waals surface area (Å²) in [4.78, 5) is 5.02. The Morgan fingerprint density at radius 1 is 1.00 bits per heavy atom. The van der Waals surface area contributed by atoms with Gasteiger partial charge in [0.05, 0.1) is 11.7 Å². The van der Waals surface area contributed by atoms with E-state index in [2.05, 4.69) is 46.1 Å². The van der Waals surface area contributed by atoms with Crippen LogP contribution in [0.15, 0.2) is 30.3 Å². The van der Waals surface area contributed by atoms with Gasteiger partial charge in [0.25, 0.3) is 0 Å². The third-order valence-electron chi connectivity index (χ3n) is 4.45. The summed E-state index contributed by atoms with van der Waals surface area (Å²) in [6, 6.07) is 10.3. The second kappa shape index (κ2) is 7.19. The van der Waals surface area contributed by atoms with Crippen molar-refractivity contribution >= 4 is 0 Å². The molecular formula is C17H26N6. The van der Waals surface area contributed by atoms with Crippen LogP contribution in [0.3, 0.4) is 0 Å². The van der Waals surface area contributed by atoms with E-state index in [1.54, 1.807) is 0 Å². The van der Waals surface area contributed by atoms with Gasteiger partial charge in [0.1, 0.15) is 0 Å². The summed E-state index contributed by atoms with van der Waals surface area (Å²) in [5.41, 5.74) is 1.01. The molecular weight excluding hydrogens is 288 g/mol. The van der Waals surface area contributed by atoms with E-state index in [9.17, 15) is 0 Å². The van der Waals surface area contributed by atoms with E-state index in [4.69, 9.17) is 0 Å². The van der Waals surface area contributed by atoms with E-state index in [-0.39, 0.29) is 6.04 Å². The molecule has 1 aromatic heterocycles. The lowest BCUT2D eigenvalue weighted by molar-refractivity contribution is 0.0910. The van der Waals surface area contributed by atoms with Crippen molar-refractivity contribution in [3.05, 3.63) is 36.2 Å². The summed E-state index contributed by atoms with van der Waals surface area (Å²) in [5.74, 6) is 1.64. The van der Waals surface area contributed by atoms with Crippen molar-refractivity contribution in [2.45, 2.75) is 26.8 Å². The van der Waals surface area contributed by atoms with E-state index in [0.29, 0.717) is 0 Å². The normalized spacial score (nSPS) is 18.4. The Hall–Kier alpha value is -1.79.